The number of para-hydroxylation sites is 1. The third-order valence-corrected chi connectivity index (χ3v) is 4.60. The summed E-state index contributed by atoms with van der Waals surface area (Å²) < 4.78 is 27.5. The zero-order chi connectivity index (χ0) is 11.6. The fourth-order valence-electron chi connectivity index (χ4n) is 1.79. The maximum Gasteiger partial charge on any atom is 0.151 e. The molecule has 5 heteroatoms. The lowest BCUT2D eigenvalue weighted by atomic mass is 10.2. The van der Waals surface area contributed by atoms with Crippen molar-refractivity contribution in [1.29, 1.82) is 0 Å². The lowest BCUT2D eigenvalue weighted by Gasteiger charge is -2.25. The van der Waals surface area contributed by atoms with Crippen molar-refractivity contribution in [2.45, 2.75) is 6.54 Å². The summed E-state index contributed by atoms with van der Waals surface area (Å²) in [6, 6.07) is 7.55. The molecule has 1 aromatic rings. The van der Waals surface area contributed by atoms with Gasteiger partial charge < -0.3 is 10.5 Å². The Morgan fingerprint density at radius 3 is 2.62 bits per heavy atom. The van der Waals surface area contributed by atoms with Crippen molar-refractivity contribution in [3.8, 4) is 5.75 Å². The van der Waals surface area contributed by atoms with Crippen molar-refractivity contribution in [2.24, 2.45) is 11.7 Å². The molecule has 2 N–H and O–H groups in total. The summed E-state index contributed by atoms with van der Waals surface area (Å²) in [6.45, 7) is 0.884. The molecule has 1 heterocycles. The van der Waals surface area contributed by atoms with Gasteiger partial charge in [0.2, 0.25) is 0 Å². The Hall–Kier alpha value is -1.07. The molecule has 1 saturated heterocycles. The first-order valence-electron chi connectivity index (χ1n) is 5.22. The molecular formula is C11H15NO3S. The maximum atomic E-state index is 11.0. The molecule has 0 radical (unpaired) electrons. The Balaban J connectivity index is 1.90. The van der Waals surface area contributed by atoms with Gasteiger partial charge in [0.05, 0.1) is 18.1 Å². The highest BCUT2D eigenvalue weighted by Crippen LogP contribution is 2.22. The van der Waals surface area contributed by atoms with Crippen LogP contribution in [0, 0.1) is 5.92 Å². The average Bonchev–Trinajstić information content (AvgIpc) is 2.23. The monoisotopic (exact) mass is 241 g/mol. The van der Waals surface area contributed by atoms with Crippen molar-refractivity contribution in [1.82, 2.24) is 0 Å². The molecule has 0 unspecified atom stereocenters. The fraction of sp³-hybridized carbons (Fsp3) is 0.455. The molecule has 16 heavy (non-hydrogen) atoms. The van der Waals surface area contributed by atoms with Crippen molar-refractivity contribution in [3.05, 3.63) is 29.8 Å². The van der Waals surface area contributed by atoms with E-state index in [0.717, 1.165) is 11.3 Å². The van der Waals surface area contributed by atoms with Crippen LogP contribution in [0.1, 0.15) is 5.56 Å². The van der Waals surface area contributed by atoms with E-state index in [1.807, 2.05) is 24.3 Å². The van der Waals surface area contributed by atoms with Gasteiger partial charge in [-0.15, -0.1) is 0 Å². The zero-order valence-corrected chi connectivity index (χ0v) is 9.74. The van der Waals surface area contributed by atoms with E-state index in [1.54, 1.807) is 0 Å². The molecule has 0 saturated carbocycles. The summed E-state index contributed by atoms with van der Waals surface area (Å²) in [5.74, 6) is 1.39. The molecule has 1 aliphatic heterocycles. The summed E-state index contributed by atoms with van der Waals surface area (Å²) in [6.07, 6.45) is 0. The first kappa shape index (κ1) is 11.4. The predicted octanol–water partition coefficient (Wildman–Crippen LogP) is 0.569. The number of sulfone groups is 1. The molecule has 2 rings (SSSR count). The van der Waals surface area contributed by atoms with E-state index in [1.165, 1.54) is 0 Å². The maximum absolute atomic E-state index is 11.0. The highest BCUT2D eigenvalue weighted by atomic mass is 32.2. The normalized spacial score (nSPS) is 19.1. The second kappa shape index (κ2) is 4.43. The van der Waals surface area contributed by atoms with Gasteiger partial charge in [-0.1, -0.05) is 18.2 Å². The van der Waals surface area contributed by atoms with E-state index in [9.17, 15) is 8.42 Å². The SMILES string of the molecule is NCc1ccccc1OCC1CS(=O)(=O)C1. The highest BCUT2D eigenvalue weighted by Gasteiger charge is 2.33. The lowest BCUT2D eigenvalue weighted by Crippen LogP contribution is -2.39. The van der Waals surface area contributed by atoms with Gasteiger partial charge in [-0.2, -0.15) is 0 Å². The van der Waals surface area contributed by atoms with E-state index in [0.29, 0.717) is 13.2 Å². The van der Waals surface area contributed by atoms with E-state index in [2.05, 4.69) is 0 Å². The second-order valence-electron chi connectivity index (χ2n) is 4.07. The summed E-state index contributed by atoms with van der Waals surface area (Å²) >= 11 is 0. The van der Waals surface area contributed by atoms with Crippen LogP contribution in [-0.4, -0.2) is 26.5 Å². The molecule has 0 aromatic heterocycles. The fourth-order valence-corrected chi connectivity index (χ4v) is 3.32. The molecule has 1 aromatic carbocycles. The Kier molecular flexibility index (Phi) is 3.16. The predicted molar refractivity (Wildman–Crippen MR) is 62.0 cm³/mol. The van der Waals surface area contributed by atoms with Gasteiger partial charge in [0.25, 0.3) is 0 Å². The summed E-state index contributed by atoms with van der Waals surface area (Å²) in [5, 5.41) is 0. The molecule has 0 aliphatic carbocycles. The Morgan fingerprint density at radius 1 is 1.31 bits per heavy atom. The first-order valence-corrected chi connectivity index (χ1v) is 7.04. The van der Waals surface area contributed by atoms with Gasteiger partial charge in [0.1, 0.15) is 5.75 Å². The minimum atomic E-state index is -2.76. The highest BCUT2D eigenvalue weighted by molar-refractivity contribution is 7.92. The van der Waals surface area contributed by atoms with E-state index in [4.69, 9.17) is 10.5 Å². The average molecular weight is 241 g/mol. The number of rotatable bonds is 4. The lowest BCUT2D eigenvalue weighted by molar-refractivity contribution is 0.261. The van der Waals surface area contributed by atoms with Crippen LogP contribution in [0.15, 0.2) is 24.3 Å². The summed E-state index contributed by atoms with van der Waals surface area (Å²) in [4.78, 5) is 0. The van der Waals surface area contributed by atoms with Crippen LogP contribution < -0.4 is 10.5 Å². The Labute approximate surface area is 95.3 Å². The first-order chi connectivity index (χ1) is 7.61. The largest absolute Gasteiger partial charge is 0.493 e. The Morgan fingerprint density at radius 2 is 2.00 bits per heavy atom. The standard InChI is InChI=1S/C11H15NO3S/c12-5-10-3-1-2-4-11(10)15-6-9-7-16(13,14)8-9/h1-4,9H,5-8,12H2. The number of benzene rings is 1. The van der Waals surface area contributed by atoms with Crippen LogP contribution in [0.5, 0.6) is 5.75 Å². The molecule has 0 amide bonds. The van der Waals surface area contributed by atoms with Crippen molar-refractivity contribution >= 4 is 9.84 Å². The minimum absolute atomic E-state index is 0.135. The Bertz CT molecular complexity index is 458. The van der Waals surface area contributed by atoms with Crippen LogP contribution in [0.25, 0.3) is 0 Å². The summed E-state index contributed by atoms with van der Waals surface area (Å²) in [5.41, 5.74) is 6.52. The van der Waals surface area contributed by atoms with Crippen molar-refractivity contribution in [2.75, 3.05) is 18.1 Å². The van der Waals surface area contributed by atoms with Gasteiger partial charge in [-0.05, 0) is 6.07 Å². The summed E-state index contributed by atoms with van der Waals surface area (Å²) in [7, 11) is -2.76. The van der Waals surface area contributed by atoms with Crippen molar-refractivity contribution in [3.63, 3.8) is 0 Å². The molecule has 0 spiro atoms. The molecule has 88 valence electrons. The van der Waals surface area contributed by atoms with E-state index < -0.39 is 9.84 Å². The number of nitrogens with two attached hydrogens (primary N) is 1. The molecule has 4 nitrogen and oxygen atoms in total. The number of ether oxygens (including phenoxy) is 1. The van der Waals surface area contributed by atoms with Gasteiger partial charge in [0, 0.05) is 18.0 Å². The number of hydrogen-bond donors (Lipinski definition) is 1. The van der Waals surface area contributed by atoms with E-state index in [-0.39, 0.29) is 17.4 Å². The van der Waals surface area contributed by atoms with Gasteiger partial charge in [-0.3, -0.25) is 0 Å². The third kappa shape index (κ3) is 2.54. The van der Waals surface area contributed by atoms with Crippen LogP contribution in [0.3, 0.4) is 0 Å². The van der Waals surface area contributed by atoms with Gasteiger partial charge >= 0.3 is 0 Å². The molecule has 1 fully saturated rings. The van der Waals surface area contributed by atoms with Gasteiger partial charge in [0.15, 0.2) is 9.84 Å². The molecule has 0 bridgehead atoms. The topological polar surface area (TPSA) is 69.4 Å². The van der Waals surface area contributed by atoms with E-state index >= 15 is 0 Å². The van der Waals surface area contributed by atoms with Crippen LogP contribution >= 0.6 is 0 Å². The van der Waals surface area contributed by atoms with Gasteiger partial charge in [-0.25, -0.2) is 8.42 Å². The third-order valence-electron chi connectivity index (χ3n) is 2.65. The molecule has 0 atom stereocenters. The smallest absolute Gasteiger partial charge is 0.151 e. The van der Waals surface area contributed by atoms with Crippen molar-refractivity contribution < 1.29 is 13.2 Å². The van der Waals surface area contributed by atoms with Crippen LogP contribution in [0.2, 0.25) is 0 Å². The van der Waals surface area contributed by atoms with Crippen LogP contribution in [0.4, 0.5) is 0 Å². The minimum Gasteiger partial charge on any atom is -0.493 e. The van der Waals surface area contributed by atoms with Crippen LogP contribution in [-0.2, 0) is 16.4 Å². The number of hydrogen-bond acceptors (Lipinski definition) is 4. The molecular weight excluding hydrogens is 226 g/mol. The zero-order valence-electron chi connectivity index (χ0n) is 8.93. The quantitative estimate of drug-likeness (QED) is 0.836. The molecule has 1 aliphatic rings. The second-order valence-corrected chi connectivity index (χ2v) is 6.22.